The van der Waals surface area contributed by atoms with Crippen LogP contribution in [0.3, 0.4) is 0 Å². The van der Waals surface area contributed by atoms with Crippen LogP contribution < -0.4 is 0 Å². The Morgan fingerprint density at radius 2 is 1.92 bits per heavy atom. The molecule has 2 heteroatoms. The van der Waals surface area contributed by atoms with Gasteiger partial charge in [-0.25, -0.2) is 0 Å². The van der Waals surface area contributed by atoms with E-state index in [2.05, 4.69) is 32.6 Å². The first-order chi connectivity index (χ1) is 5.25. The molecule has 2 nitrogen and oxygen atoms in total. The SMILES string of the molecule is CC1N(C(C)(C)C)CCC1(C)O. The van der Waals surface area contributed by atoms with Crippen molar-refractivity contribution in [3.05, 3.63) is 0 Å². The average Bonchev–Trinajstić information content (AvgIpc) is 2.06. The topological polar surface area (TPSA) is 23.5 Å². The molecule has 1 rings (SSSR count). The van der Waals surface area contributed by atoms with Crippen molar-refractivity contribution in [3.63, 3.8) is 0 Å². The van der Waals surface area contributed by atoms with Crippen molar-refractivity contribution in [2.45, 2.75) is 58.2 Å². The minimum Gasteiger partial charge on any atom is -0.389 e. The van der Waals surface area contributed by atoms with Crippen molar-refractivity contribution in [1.29, 1.82) is 0 Å². The van der Waals surface area contributed by atoms with Gasteiger partial charge in [0.05, 0.1) is 5.60 Å². The Hall–Kier alpha value is -0.0800. The van der Waals surface area contributed by atoms with E-state index in [0.29, 0.717) is 0 Å². The van der Waals surface area contributed by atoms with Gasteiger partial charge in [0, 0.05) is 18.1 Å². The second-order valence-corrected chi connectivity index (χ2v) is 5.15. The Balaban J connectivity index is 2.74. The van der Waals surface area contributed by atoms with Gasteiger partial charge in [0.1, 0.15) is 0 Å². The van der Waals surface area contributed by atoms with Gasteiger partial charge in [-0.15, -0.1) is 0 Å². The third kappa shape index (κ3) is 1.64. The summed E-state index contributed by atoms with van der Waals surface area (Å²) in [5.41, 5.74) is -0.312. The number of likely N-dealkylation sites (tertiary alicyclic amines) is 1. The number of aliphatic hydroxyl groups is 1. The zero-order chi connectivity index (χ0) is 9.57. The molecule has 2 atom stereocenters. The van der Waals surface area contributed by atoms with E-state index in [1.807, 2.05) is 6.92 Å². The van der Waals surface area contributed by atoms with E-state index in [1.54, 1.807) is 0 Å². The highest BCUT2D eigenvalue weighted by Crippen LogP contribution is 2.33. The lowest BCUT2D eigenvalue weighted by atomic mass is 9.97. The smallest absolute Gasteiger partial charge is 0.0783 e. The van der Waals surface area contributed by atoms with Crippen LogP contribution in [0, 0.1) is 0 Å². The lowest BCUT2D eigenvalue weighted by Gasteiger charge is -2.38. The summed E-state index contributed by atoms with van der Waals surface area (Å²) in [5.74, 6) is 0. The van der Waals surface area contributed by atoms with E-state index in [1.165, 1.54) is 0 Å². The average molecular weight is 171 g/mol. The highest BCUT2D eigenvalue weighted by molar-refractivity contribution is 4.98. The zero-order valence-electron chi connectivity index (χ0n) is 8.89. The van der Waals surface area contributed by atoms with E-state index in [-0.39, 0.29) is 11.6 Å². The van der Waals surface area contributed by atoms with E-state index < -0.39 is 5.60 Å². The molecular formula is C10H21NO. The summed E-state index contributed by atoms with van der Waals surface area (Å²) in [6.45, 7) is 11.7. The number of hydrogen-bond donors (Lipinski definition) is 1. The molecule has 0 spiro atoms. The molecule has 1 heterocycles. The summed E-state index contributed by atoms with van der Waals surface area (Å²) in [6, 6.07) is 0.275. The minimum atomic E-state index is -0.493. The second-order valence-electron chi connectivity index (χ2n) is 5.15. The molecule has 0 bridgehead atoms. The Labute approximate surface area is 75.6 Å². The van der Waals surface area contributed by atoms with Gasteiger partial charge in [-0.3, -0.25) is 4.90 Å². The third-order valence-corrected chi connectivity index (χ3v) is 3.09. The number of rotatable bonds is 0. The van der Waals surface area contributed by atoms with Gasteiger partial charge in [0.25, 0.3) is 0 Å². The molecule has 1 N–H and O–H groups in total. The van der Waals surface area contributed by atoms with Crippen LogP contribution in [0.2, 0.25) is 0 Å². The molecule has 0 aromatic rings. The molecule has 12 heavy (non-hydrogen) atoms. The maximum absolute atomic E-state index is 9.96. The maximum atomic E-state index is 9.96. The van der Waals surface area contributed by atoms with E-state index >= 15 is 0 Å². The molecule has 0 saturated carbocycles. The lowest BCUT2D eigenvalue weighted by Crippen LogP contribution is -2.48. The molecule has 2 unspecified atom stereocenters. The molecule has 72 valence electrons. The van der Waals surface area contributed by atoms with Gasteiger partial charge in [0.15, 0.2) is 0 Å². The first-order valence-electron chi connectivity index (χ1n) is 4.74. The highest BCUT2D eigenvalue weighted by Gasteiger charge is 2.43. The number of nitrogens with zero attached hydrogens (tertiary/aromatic N) is 1. The first-order valence-corrected chi connectivity index (χ1v) is 4.74. The van der Waals surface area contributed by atoms with Crippen molar-refractivity contribution in [3.8, 4) is 0 Å². The van der Waals surface area contributed by atoms with Crippen LogP contribution in [0.1, 0.15) is 41.0 Å². The van der Waals surface area contributed by atoms with Crippen molar-refractivity contribution in [2.75, 3.05) is 6.54 Å². The Bertz CT molecular complexity index is 169. The van der Waals surface area contributed by atoms with E-state index in [4.69, 9.17) is 0 Å². The summed E-state index contributed by atoms with van der Waals surface area (Å²) in [7, 11) is 0. The second kappa shape index (κ2) is 2.71. The van der Waals surface area contributed by atoms with Crippen LogP contribution in [0.25, 0.3) is 0 Å². The lowest BCUT2D eigenvalue weighted by molar-refractivity contribution is 0.00538. The molecule has 1 saturated heterocycles. The molecule has 0 amide bonds. The Kier molecular flexibility index (Phi) is 2.26. The monoisotopic (exact) mass is 171 g/mol. The van der Waals surface area contributed by atoms with E-state index in [0.717, 1.165) is 13.0 Å². The van der Waals surface area contributed by atoms with E-state index in [9.17, 15) is 5.11 Å². The van der Waals surface area contributed by atoms with Gasteiger partial charge in [-0.2, -0.15) is 0 Å². The molecule has 0 radical (unpaired) electrons. The molecule has 1 aliphatic heterocycles. The molecular weight excluding hydrogens is 150 g/mol. The van der Waals surface area contributed by atoms with Gasteiger partial charge in [0.2, 0.25) is 0 Å². The fraction of sp³-hybridized carbons (Fsp3) is 1.00. The zero-order valence-corrected chi connectivity index (χ0v) is 8.89. The van der Waals surface area contributed by atoms with Crippen LogP contribution in [0.15, 0.2) is 0 Å². The highest BCUT2D eigenvalue weighted by atomic mass is 16.3. The molecule has 0 aliphatic carbocycles. The van der Waals surface area contributed by atoms with Crippen molar-refractivity contribution in [2.24, 2.45) is 0 Å². The van der Waals surface area contributed by atoms with Crippen LogP contribution in [-0.4, -0.2) is 33.7 Å². The normalized spacial score (nSPS) is 39.0. The van der Waals surface area contributed by atoms with Crippen molar-refractivity contribution < 1.29 is 5.11 Å². The maximum Gasteiger partial charge on any atom is 0.0783 e. The third-order valence-electron chi connectivity index (χ3n) is 3.09. The largest absolute Gasteiger partial charge is 0.389 e. The first kappa shape index (κ1) is 10.0. The molecule has 0 aromatic heterocycles. The quantitative estimate of drug-likeness (QED) is 0.599. The molecule has 0 aromatic carbocycles. The Morgan fingerprint density at radius 1 is 1.42 bits per heavy atom. The fourth-order valence-corrected chi connectivity index (χ4v) is 2.00. The van der Waals surface area contributed by atoms with Gasteiger partial charge in [-0.1, -0.05) is 0 Å². The van der Waals surface area contributed by atoms with Crippen LogP contribution >= 0.6 is 0 Å². The summed E-state index contributed by atoms with van der Waals surface area (Å²) < 4.78 is 0. The van der Waals surface area contributed by atoms with Gasteiger partial charge < -0.3 is 5.11 Å². The summed E-state index contributed by atoms with van der Waals surface area (Å²) >= 11 is 0. The van der Waals surface area contributed by atoms with Crippen molar-refractivity contribution >= 4 is 0 Å². The van der Waals surface area contributed by atoms with Crippen LogP contribution in [0.4, 0.5) is 0 Å². The standard InChI is InChI=1S/C10H21NO/c1-8-10(5,12)6-7-11(8)9(2,3)4/h8,12H,6-7H2,1-5H3. The van der Waals surface area contributed by atoms with Crippen molar-refractivity contribution in [1.82, 2.24) is 4.90 Å². The predicted octanol–water partition coefficient (Wildman–Crippen LogP) is 1.63. The van der Waals surface area contributed by atoms with Crippen LogP contribution in [-0.2, 0) is 0 Å². The summed E-state index contributed by atoms with van der Waals surface area (Å²) in [6.07, 6.45) is 0.894. The Morgan fingerprint density at radius 3 is 2.08 bits per heavy atom. The summed E-state index contributed by atoms with van der Waals surface area (Å²) in [4.78, 5) is 2.37. The number of hydrogen-bond acceptors (Lipinski definition) is 2. The van der Waals surface area contributed by atoms with Gasteiger partial charge >= 0.3 is 0 Å². The predicted molar refractivity (Wildman–Crippen MR) is 51.2 cm³/mol. The minimum absolute atomic E-state index is 0.180. The molecule has 1 aliphatic rings. The molecule has 1 fully saturated rings. The van der Waals surface area contributed by atoms with Crippen LogP contribution in [0.5, 0.6) is 0 Å². The summed E-state index contributed by atoms with van der Waals surface area (Å²) in [5, 5.41) is 9.96. The van der Waals surface area contributed by atoms with Gasteiger partial charge in [-0.05, 0) is 41.0 Å². The fourth-order valence-electron chi connectivity index (χ4n) is 2.00.